The molecule has 1 amide bonds. The maximum absolute atomic E-state index is 11.7. The van der Waals surface area contributed by atoms with Gasteiger partial charge in [0.05, 0.1) is 18.7 Å². The molecule has 2 rings (SSSR count). The van der Waals surface area contributed by atoms with Gasteiger partial charge < -0.3 is 10.4 Å². The van der Waals surface area contributed by atoms with Crippen LogP contribution >= 0.6 is 0 Å². The van der Waals surface area contributed by atoms with E-state index in [1.165, 1.54) is 0 Å². The Morgan fingerprint density at radius 3 is 2.64 bits per heavy atom. The molecule has 116 valence electrons. The summed E-state index contributed by atoms with van der Waals surface area (Å²) >= 11 is 0. The van der Waals surface area contributed by atoms with E-state index < -0.39 is 5.97 Å². The Morgan fingerprint density at radius 1 is 1.23 bits per heavy atom. The monoisotopic (exact) mass is 301 g/mol. The zero-order valence-electron chi connectivity index (χ0n) is 12.7. The Labute approximate surface area is 128 Å². The molecule has 2 N–H and O–H groups in total. The topological polar surface area (TPSA) is 84.2 Å². The molecule has 1 aromatic heterocycles. The van der Waals surface area contributed by atoms with Gasteiger partial charge >= 0.3 is 5.97 Å². The fourth-order valence-electron chi connectivity index (χ4n) is 2.20. The number of anilines is 1. The van der Waals surface area contributed by atoms with Gasteiger partial charge in [0.1, 0.15) is 0 Å². The van der Waals surface area contributed by atoms with E-state index in [-0.39, 0.29) is 18.7 Å². The quantitative estimate of drug-likeness (QED) is 0.857. The zero-order chi connectivity index (χ0) is 16.1. The van der Waals surface area contributed by atoms with Crippen molar-refractivity contribution in [3.05, 3.63) is 47.3 Å². The smallest absolute Gasteiger partial charge is 0.303 e. The van der Waals surface area contributed by atoms with Gasteiger partial charge in [-0.05, 0) is 37.6 Å². The van der Waals surface area contributed by atoms with Crippen LogP contribution in [0.4, 0.5) is 5.69 Å². The second-order valence-electron chi connectivity index (χ2n) is 5.23. The van der Waals surface area contributed by atoms with Crippen molar-refractivity contribution in [3.63, 3.8) is 0 Å². The SMILES string of the molecule is Cc1cc(C)n(Cc2cccc(NC(=O)CCC(=O)O)c2)n1. The molecule has 0 atom stereocenters. The van der Waals surface area contributed by atoms with Crippen LogP contribution in [0.15, 0.2) is 30.3 Å². The molecule has 0 spiro atoms. The van der Waals surface area contributed by atoms with Crippen LogP contribution in [0, 0.1) is 13.8 Å². The fraction of sp³-hybridized carbons (Fsp3) is 0.312. The van der Waals surface area contributed by atoms with Crippen molar-refractivity contribution in [2.45, 2.75) is 33.2 Å². The number of nitrogens with zero attached hydrogens (tertiary/aromatic N) is 2. The van der Waals surface area contributed by atoms with Crippen molar-refractivity contribution in [3.8, 4) is 0 Å². The number of aromatic nitrogens is 2. The highest BCUT2D eigenvalue weighted by Crippen LogP contribution is 2.13. The summed E-state index contributed by atoms with van der Waals surface area (Å²) in [4.78, 5) is 22.1. The minimum Gasteiger partial charge on any atom is -0.481 e. The van der Waals surface area contributed by atoms with Crippen molar-refractivity contribution < 1.29 is 14.7 Å². The summed E-state index contributed by atoms with van der Waals surface area (Å²) in [5.74, 6) is -1.28. The van der Waals surface area contributed by atoms with Crippen LogP contribution in [0.25, 0.3) is 0 Å². The van der Waals surface area contributed by atoms with E-state index in [1.807, 2.05) is 42.8 Å². The highest BCUT2D eigenvalue weighted by Gasteiger charge is 2.07. The number of nitrogens with one attached hydrogen (secondary N) is 1. The maximum atomic E-state index is 11.7. The van der Waals surface area contributed by atoms with Gasteiger partial charge in [0.15, 0.2) is 0 Å². The number of carbonyl (C=O) groups is 2. The van der Waals surface area contributed by atoms with Crippen LogP contribution in [0.5, 0.6) is 0 Å². The summed E-state index contributed by atoms with van der Waals surface area (Å²) in [5, 5.41) is 15.7. The summed E-state index contributed by atoms with van der Waals surface area (Å²) < 4.78 is 1.90. The number of hydrogen-bond donors (Lipinski definition) is 2. The van der Waals surface area contributed by atoms with Gasteiger partial charge in [0.2, 0.25) is 5.91 Å². The minimum absolute atomic E-state index is 0.0307. The summed E-state index contributed by atoms with van der Waals surface area (Å²) in [6.45, 7) is 4.57. The summed E-state index contributed by atoms with van der Waals surface area (Å²) in [5.41, 5.74) is 3.72. The lowest BCUT2D eigenvalue weighted by atomic mass is 10.2. The van der Waals surface area contributed by atoms with Crippen molar-refractivity contribution >= 4 is 17.6 Å². The number of hydrogen-bond acceptors (Lipinski definition) is 3. The number of carboxylic acid groups (broad SMARTS) is 1. The molecule has 0 aliphatic rings. The molecule has 22 heavy (non-hydrogen) atoms. The van der Waals surface area contributed by atoms with E-state index >= 15 is 0 Å². The standard InChI is InChI=1S/C16H19N3O3/c1-11-8-12(2)19(18-11)10-13-4-3-5-14(9-13)17-15(20)6-7-16(21)22/h3-5,8-9H,6-7,10H2,1-2H3,(H,17,20)(H,21,22). The Morgan fingerprint density at radius 2 is 2.00 bits per heavy atom. The first kappa shape index (κ1) is 15.8. The van der Waals surface area contributed by atoms with Gasteiger partial charge in [0.25, 0.3) is 0 Å². The number of rotatable bonds is 6. The van der Waals surface area contributed by atoms with Gasteiger partial charge in [-0.2, -0.15) is 5.10 Å². The minimum atomic E-state index is -0.978. The van der Waals surface area contributed by atoms with Crippen LogP contribution in [-0.4, -0.2) is 26.8 Å². The molecule has 0 saturated heterocycles. The molecule has 1 heterocycles. The average Bonchev–Trinajstić information content (AvgIpc) is 2.75. The molecule has 6 nitrogen and oxygen atoms in total. The van der Waals surface area contributed by atoms with Gasteiger partial charge in [-0.1, -0.05) is 12.1 Å². The number of carboxylic acids is 1. The van der Waals surface area contributed by atoms with Crippen molar-refractivity contribution in [1.29, 1.82) is 0 Å². The maximum Gasteiger partial charge on any atom is 0.303 e. The Balaban J connectivity index is 2.02. The second-order valence-corrected chi connectivity index (χ2v) is 5.23. The largest absolute Gasteiger partial charge is 0.481 e. The lowest BCUT2D eigenvalue weighted by Crippen LogP contribution is -2.13. The molecule has 0 unspecified atom stereocenters. The van der Waals surface area contributed by atoms with E-state index in [9.17, 15) is 9.59 Å². The summed E-state index contributed by atoms with van der Waals surface area (Å²) in [6.07, 6.45) is -0.200. The van der Waals surface area contributed by atoms with E-state index in [2.05, 4.69) is 10.4 Å². The molecule has 0 aliphatic heterocycles. The van der Waals surface area contributed by atoms with Crippen molar-refractivity contribution in [2.75, 3.05) is 5.32 Å². The van der Waals surface area contributed by atoms with Gasteiger partial charge in [-0.25, -0.2) is 0 Å². The van der Waals surface area contributed by atoms with Crippen LogP contribution in [-0.2, 0) is 16.1 Å². The van der Waals surface area contributed by atoms with E-state index in [0.717, 1.165) is 17.0 Å². The third-order valence-corrected chi connectivity index (χ3v) is 3.21. The molecular weight excluding hydrogens is 282 g/mol. The summed E-state index contributed by atoms with van der Waals surface area (Å²) in [6, 6.07) is 9.48. The zero-order valence-corrected chi connectivity index (χ0v) is 12.7. The number of aliphatic carboxylic acids is 1. The lowest BCUT2D eigenvalue weighted by Gasteiger charge is -2.08. The molecule has 0 fully saturated rings. The van der Waals surface area contributed by atoms with Gasteiger partial charge in [-0.3, -0.25) is 14.3 Å². The van der Waals surface area contributed by atoms with Crippen LogP contribution in [0.3, 0.4) is 0 Å². The van der Waals surface area contributed by atoms with E-state index in [1.54, 1.807) is 6.07 Å². The molecule has 0 aliphatic carbocycles. The predicted octanol–water partition coefficient (Wildman–Crippen LogP) is 2.35. The number of aryl methyl sites for hydroxylation is 2. The van der Waals surface area contributed by atoms with Crippen LogP contribution < -0.4 is 5.32 Å². The van der Waals surface area contributed by atoms with Crippen LogP contribution in [0.1, 0.15) is 29.8 Å². The highest BCUT2D eigenvalue weighted by molar-refractivity contribution is 5.92. The average molecular weight is 301 g/mol. The highest BCUT2D eigenvalue weighted by atomic mass is 16.4. The number of amides is 1. The normalized spacial score (nSPS) is 10.5. The Bertz CT molecular complexity index is 692. The van der Waals surface area contributed by atoms with E-state index in [4.69, 9.17) is 5.11 Å². The Hall–Kier alpha value is -2.63. The molecule has 6 heteroatoms. The molecular formula is C16H19N3O3. The van der Waals surface area contributed by atoms with Crippen molar-refractivity contribution in [2.24, 2.45) is 0 Å². The first-order valence-corrected chi connectivity index (χ1v) is 7.05. The first-order chi connectivity index (χ1) is 10.4. The number of carbonyl (C=O) groups excluding carboxylic acids is 1. The molecule has 2 aromatic rings. The van der Waals surface area contributed by atoms with E-state index in [0.29, 0.717) is 12.2 Å². The summed E-state index contributed by atoms with van der Waals surface area (Å²) in [7, 11) is 0. The second kappa shape index (κ2) is 6.89. The number of benzene rings is 1. The first-order valence-electron chi connectivity index (χ1n) is 7.05. The molecule has 0 saturated carbocycles. The van der Waals surface area contributed by atoms with Crippen molar-refractivity contribution in [1.82, 2.24) is 9.78 Å². The lowest BCUT2D eigenvalue weighted by molar-refractivity contribution is -0.138. The Kier molecular flexibility index (Phi) is 4.93. The molecule has 1 aromatic carbocycles. The van der Waals surface area contributed by atoms with Gasteiger partial charge in [0, 0.05) is 17.8 Å². The van der Waals surface area contributed by atoms with Crippen LogP contribution in [0.2, 0.25) is 0 Å². The fourth-order valence-corrected chi connectivity index (χ4v) is 2.20. The third kappa shape index (κ3) is 4.44. The molecule has 0 bridgehead atoms. The van der Waals surface area contributed by atoms with Gasteiger partial charge in [-0.15, -0.1) is 0 Å². The molecule has 0 radical (unpaired) electrons. The third-order valence-electron chi connectivity index (χ3n) is 3.21. The predicted molar refractivity (Wildman–Crippen MR) is 82.7 cm³/mol.